The molecule has 0 saturated heterocycles. The first-order chi connectivity index (χ1) is 9.22. The summed E-state index contributed by atoms with van der Waals surface area (Å²) in [7, 11) is 0. The fourth-order valence-electron chi connectivity index (χ4n) is 1.75. The van der Waals surface area contributed by atoms with Crippen LogP contribution in [0.15, 0.2) is 53.4 Å². The van der Waals surface area contributed by atoms with E-state index >= 15 is 0 Å². The molecule has 100 valence electrons. The number of nitrogens with two attached hydrogens (primary N) is 1. The molecule has 4 heteroatoms. The first-order valence-corrected chi connectivity index (χ1v) is 7.21. The quantitative estimate of drug-likeness (QED) is 0.848. The monoisotopic (exact) mass is 277 g/mol. The van der Waals surface area contributed by atoms with Crippen LogP contribution >= 0.6 is 11.8 Å². The molecule has 0 spiro atoms. The summed E-state index contributed by atoms with van der Waals surface area (Å²) in [6.07, 6.45) is 1.76. The SMILES string of the molecule is CSc1ccc(OC(CN)c2ccc(F)cc2)cc1. The minimum Gasteiger partial charge on any atom is -0.484 e. The molecule has 0 aliphatic carbocycles. The van der Waals surface area contributed by atoms with E-state index in [4.69, 9.17) is 10.5 Å². The maximum absolute atomic E-state index is 12.9. The molecule has 2 aromatic carbocycles. The van der Waals surface area contributed by atoms with Gasteiger partial charge in [-0.25, -0.2) is 4.39 Å². The van der Waals surface area contributed by atoms with Gasteiger partial charge < -0.3 is 10.5 Å². The van der Waals surface area contributed by atoms with Gasteiger partial charge in [0.05, 0.1) is 0 Å². The van der Waals surface area contributed by atoms with E-state index in [0.29, 0.717) is 6.54 Å². The van der Waals surface area contributed by atoms with Gasteiger partial charge in [0, 0.05) is 11.4 Å². The number of thioether (sulfide) groups is 1. The van der Waals surface area contributed by atoms with Crippen molar-refractivity contribution in [3.05, 3.63) is 59.9 Å². The first kappa shape index (κ1) is 13.9. The number of rotatable bonds is 5. The van der Waals surface area contributed by atoms with E-state index in [1.165, 1.54) is 17.0 Å². The van der Waals surface area contributed by atoms with Crippen LogP contribution in [0.1, 0.15) is 11.7 Å². The Kier molecular flexibility index (Phi) is 4.82. The first-order valence-electron chi connectivity index (χ1n) is 5.99. The summed E-state index contributed by atoms with van der Waals surface area (Å²) in [5.41, 5.74) is 6.60. The van der Waals surface area contributed by atoms with Gasteiger partial charge in [0.15, 0.2) is 0 Å². The van der Waals surface area contributed by atoms with Crippen LogP contribution in [0.4, 0.5) is 4.39 Å². The summed E-state index contributed by atoms with van der Waals surface area (Å²) in [4.78, 5) is 1.18. The van der Waals surface area contributed by atoms with Gasteiger partial charge in [0.25, 0.3) is 0 Å². The van der Waals surface area contributed by atoms with E-state index in [1.807, 2.05) is 30.5 Å². The zero-order chi connectivity index (χ0) is 13.7. The molecule has 2 rings (SSSR count). The zero-order valence-corrected chi connectivity index (χ0v) is 11.5. The standard InChI is InChI=1S/C15H16FNOS/c1-19-14-8-6-13(7-9-14)18-15(10-17)11-2-4-12(16)5-3-11/h2-9,15H,10,17H2,1H3. The zero-order valence-electron chi connectivity index (χ0n) is 10.7. The highest BCUT2D eigenvalue weighted by Crippen LogP contribution is 2.24. The van der Waals surface area contributed by atoms with Crippen molar-refractivity contribution in [2.24, 2.45) is 5.73 Å². The van der Waals surface area contributed by atoms with Gasteiger partial charge in [0.2, 0.25) is 0 Å². The molecule has 1 atom stereocenters. The predicted octanol–water partition coefficient (Wildman–Crippen LogP) is 3.63. The van der Waals surface area contributed by atoms with Gasteiger partial charge in [-0.2, -0.15) is 0 Å². The molecular formula is C15H16FNOS. The van der Waals surface area contributed by atoms with Crippen LogP contribution in [-0.4, -0.2) is 12.8 Å². The molecule has 0 aromatic heterocycles. The van der Waals surface area contributed by atoms with Crippen molar-refractivity contribution in [2.75, 3.05) is 12.8 Å². The Morgan fingerprint density at radius 2 is 1.74 bits per heavy atom. The van der Waals surface area contributed by atoms with Gasteiger partial charge in [-0.15, -0.1) is 11.8 Å². The van der Waals surface area contributed by atoms with Crippen molar-refractivity contribution in [1.82, 2.24) is 0 Å². The van der Waals surface area contributed by atoms with Gasteiger partial charge in [-0.05, 0) is 48.2 Å². The summed E-state index contributed by atoms with van der Waals surface area (Å²) in [6, 6.07) is 14.1. The molecule has 2 aromatic rings. The number of hydrogen-bond donors (Lipinski definition) is 1. The Bertz CT molecular complexity index is 513. The minimum atomic E-state index is -0.263. The Morgan fingerprint density at radius 1 is 1.11 bits per heavy atom. The third-order valence-electron chi connectivity index (χ3n) is 2.79. The summed E-state index contributed by atoms with van der Waals surface area (Å²) in [5, 5.41) is 0. The van der Waals surface area contributed by atoms with E-state index in [9.17, 15) is 4.39 Å². The maximum atomic E-state index is 12.9. The van der Waals surface area contributed by atoms with Gasteiger partial charge in [-0.3, -0.25) is 0 Å². The molecule has 0 radical (unpaired) electrons. The average Bonchev–Trinajstić information content (AvgIpc) is 2.46. The van der Waals surface area contributed by atoms with Gasteiger partial charge >= 0.3 is 0 Å². The van der Waals surface area contributed by atoms with Crippen molar-refractivity contribution < 1.29 is 9.13 Å². The largest absolute Gasteiger partial charge is 0.484 e. The molecule has 1 unspecified atom stereocenters. The molecule has 0 saturated carbocycles. The molecule has 2 nitrogen and oxygen atoms in total. The summed E-state index contributed by atoms with van der Waals surface area (Å²) < 4.78 is 18.7. The predicted molar refractivity (Wildman–Crippen MR) is 77.0 cm³/mol. The van der Waals surface area contributed by atoms with Crippen LogP contribution in [0.5, 0.6) is 5.75 Å². The number of hydrogen-bond acceptors (Lipinski definition) is 3. The van der Waals surface area contributed by atoms with Crippen LogP contribution in [-0.2, 0) is 0 Å². The molecule has 19 heavy (non-hydrogen) atoms. The Morgan fingerprint density at radius 3 is 2.26 bits per heavy atom. The lowest BCUT2D eigenvalue weighted by molar-refractivity contribution is 0.214. The molecule has 0 amide bonds. The van der Waals surface area contributed by atoms with Gasteiger partial charge in [0.1, 0.15) is 17.7 Å². The van der Waals surface area contributed by atoms with Crippen molar-refractivity contribution in [2.45, 2.75) is 11.0 Å². The summed E-state index contributed by atoms with van der Waals surface area (Å²) in [6.45, 7) is 0.343. The van der Waals surface area contributed by atoms with Crippen molar-refractivity contribution in [3.63, 3.8) is 0 Å². The molecule has 2 N–H and O–H groups in total. The van der Waals surface area contributed by atoms with Crippen molar-refractivity contribution in [3.8, 4) is 5.75 Å². The highest BCUT2D eigenvalue weighted by Gasteiger charge is 2.11. The Labute approximate surface area is 116 Å². The van der Waals surface area contributed by atoms with Crippen LogP contribution in [0.25, 0.3) is 0 Å². The normalized spacial score (nSPS) is 12.2. The van der Waals surface area contributed by atoms with E-state index in [0.717, 1.165) is 11.3 Å². The molecule has 0 heterocycles. The number of benzene rings is 2. The van der Waals surface area contributed by atoms with Crippen LogP contribution in [0.2, 0.25) is 0 Å². The fourth-order valence-corrected chi connectivity index (χ4v) is 2.16. The van der Waals surface area contributed by atoms with Gasteiger partial charge in [-0.1, -0.05) is 12.1 Å². The van der Waals surface area contributed by atoms with Crippen LogP contribution in [0.3, 0.4) is 0 Å². The van der Waals surface area contributed by atoms with E-state index in [2.05, 4.69) is 0 Å². The van der Waals surface area contributed by atoms with E-state index < -0.39 is 0 Å². The lowest BCUT2D eigenvalue weighted by Gasteiger charge is -2.18. The second-order valence-corrected chi connectivity index (χ2v) is 4.95. The molecule has 0 aliphatic heterocycles. The van der Waals surface area contributed by atoms with Crippen molar-refractivity contribution in [1.29, 1.82) is 0 Å². The minimum absolute atomic E-state index is 0.260. The maximum Gasteiger partial charge on any atom is 0.136 e. The second-order valence-electron chi connectivity index (χ2n) is 4.07. The lowest BCUT2D eigenvalue weighted by atomic mass is 10.1. The Hall–Kier alpha value is -1.52. The average molecular weight is 277 g/mol. The molecule has 0 aliphatic rings. The van der Waals surface area contributed by atoms with Crippen LogP contribution < -0.4 is 10.5 Å². The van der Waals surface area contributed by atoms with E-state index in [-0.39, 0.29) is 11.9 Å². The fraction of sp³-hybridized carbons (Fsp3) is 0.200. The number of ether oxygens (including phenoxy) is 1. The van der Waals surface area contributed by atoms with Crippen molar-refractivity contribution >= 4 is 11.8 Å². The lowest BCUT2D eigenvalue weighted by Crippen LogP contribution is -2.18. The smallest absolute Gasteiger partial charge is 0.136 e. The highest BCUT2D eigenvalue weighted by molar-refractivity contribution is 7.98. The third-order valence-corrected chi connectivity index (χ3v) is 3.54. The topological polar surface area (TPSA) is 35.2 Å². The molecule has 0 fully saturated rings. The highest BCUT2D eigenvalue weighted by atomic mass is 32.2. The third kappa shape index (κ3) is 3.72. The Balaban J connectivity index is 2.11. The second kappa shape index (κ2) is 6.59. The van der Waals surface area contributed by atoms with E-state index in [1.54, 1.807) is 23.9 Å². The summed E-state index contributed by atoms with van der Waals surface area (Å²) >= 11 is 1.68. The number of halogens is 1. The van der Waals surface area contributed by atoms with Crippen LogP contribution in [0, 0.1) is 5.82 Å². The molecule has 0 bridgehead atoms. The molecular weight excluding hydrogens is 261 g/mol. The summed E-state index contributed by atoms with van der Waals surface area (Å²) in [5.74, 6) is 0.501.